The van der Waals surface area contributed by atoms with E-state index in [1.807, 2.05) is 32.5 Å². The third kappa shape index (κ3) is 5.55. The third-order valence-corrected chi connectivity index (χ3v) is 4.28. The molecule has 1 aromatic carbocycles. The number of carbonyl (C=O) groups is 1. The molecule has 1 amide bonds. The minimum Gasteiger partial charge on any atom is -0.368 e. The Kier molecular flexibility index (Phi) is 6.56. The predicted octanol–water partition coefficient (Wildman–Crippen LogP) is 2.86. The lowest BCUT2D eigenvalue weighted by Gasteiger charge is -2.29. The molecule has 0 spiro atoms. The molecular weight excluding hydrogens is 268 g/mol. The van der Waals surface area contributed by atoms with Crippen molar-refractivity contribution in [2.45, 2.75) is 51.4 Å². The van der Waals surface area contributed by atoms with Crippen LogP contribution in [0.25, 0.3) is 0 Å². The van der Waals surface area contributed by atoms with Crippen molar-refractivity contribution in [2.75, 3.05) is 5.75 Å². The van der Waals surface area contributed by atoms with Crippen molar-refractivity contribution in [1.29, 1.82) is 0 Å². The van der Waals surface area contributed by atoms with E-state index in [2.05, 4.69) is 36.5 Å². The number of hydrogen-bond donors (Lipinski definition) is 2. The Balaban J connectivity index is 2.43. The van der Waals surface area contributed by atoms with E-state index in [1.54, 1.807) is 0 Å². The largest absolute Gasteiger partial charge is 0.368 e. The first-order valence-electron chi connectivity index (χ1n) is 7.04. The quantitative estimate of drug-likeness (QED) is 0.725. The Morgan fingerprint density at radius 2 is 2.15 bits per heavy atom. The number of nitrogens with one attached hydrogen (secondary N) is 1. The highest BCUT2D eigenvalue weighted by Gasteiger charge is 2.30. The molecule has 112 valence electrons. The van der Waals surface area contributed by atoms with E-state index in [1.165, 1.54) is 11.1 Å². The molecule has 0 saturated carbocycles. The summed E-state index contributed by atoms with van der Waals surface area (Å²) in [5.41, 5.74) is 7.51. The summed E-state index contributed by atoms with van der Waals surface area (Å²) in [5.74, 6) is 1.60. The third-order valence-electron chi connectivity index (χ3n) is 3.25. The van der Waals surface area contributed by atoms with E-state index in [0.717, 1.165) is 17.9 Å². The van der Waals surface area contributed by atoms with Gasteiger partial charge in [0, 0.05) is 11.8 Å². The summed E-state index contributed by atoms with van der Waals surface area (Å²) < 4.78 is 0. The van der Waals surface area contributed by atoms with Crippen LogP contribution in [0, 0.1) is 6.92 Å². The zero-order chi connectivity index (χ0) is 15.2. The molecule has 1 aromatic rings. The molecule has 20 heavy (non-hydrogen) atoms. The molecule has 0 aliphatic heterocycles. The van der Waals surface area contributed by atoms with Gasteiger partial charge in [0.05, 0.1) is 5.54 Å². The molecule has 0 saturated heterocycles. The van der Waals surface area contributed by atoms with Gasteiger partial charge < -0.3 is 11.1 Å². The summed E-state index contributed by atoms with van der Waals surface area (Å²) in [4.78, 5) is 11.6. The first-order valence-corrected chi connectivity index (χ1v) is 8.20. The second-order valence-electron chi connectivity index (χ2n) is 5.79. The van der Waals surface area contributed by atoms with Crippen LogP contribution >= 0.6 is 11.8 Å². The lowest BCUT2D eigenvalue weighted by molar-refractivity contribution is -0.124. The molecule has 1 rings (SSSR count). The fraction of sp³-hybridized carbons (Fsp3) is 0.562. The number of amides is 1. The average molecular weight is 294 g/mol. The van der Waals surface area contributed by atoms with E-state index >= 15 is 0 Å². The topological polar surface area (TPSA) is 55.1 Å². The highest BCUT2D eigenvalue weighted by molar-refractivity contribution is 7.98. The maximum Gasteiger partial charge on any atom is 0.237 e. The van der Waals surface area contributed by atoms with Gasteiger partial charge >= 0.3 is 0 Å². The summed E-state index contributed by atoms with van der Waals surface area (Å²) in [6, 6.07) is 8.77. The Hall–Kier alpha value is -1.00. The maximum atomic E-state index is 11.6. The van der Waals surface area contributed by atoms with E-state index in [0.29, 0.717) is 0 Å². The van der Waals surface area contributed by atoms with Crippen LogP contribution in [0.5, 0.6) is 0 Å². The number of aryl methyl sites for hydroxylation is 1. The van der Waals surface area contributed by atoms with Crippen LogP contribution in [-0.4, -0.2) is 23.2 Å². The molecule has 0 heterocycles. The Morgan fingerprint density at radius 3 is 2.70 bits per heavy atom. The number of primary amides is 1. The van der Waals surface area contributed by atoms with E-state index in [4.69, 9.17) is 5.73 Å². The minimum absolute atomic E-state index is 0.245. The Bertz CT molecular complexity index is 448. The lowest BCUT2D eigenvalue weighted by atomic mass is 9.97. The Labute approximate surface area is 126 Å². The van der Waals surface area contributed by atoms with Gasteiger partial charge in [-0.3, -0.25) is 4.79 Å². The molecule has 0 bridgehead atoms. The molecule has 0 aliphatic rings. The van der Waals surface area contributed by atoms with Crippen molar-refractivity contribution < 1.29 is 4.79 Å². The minimum atomic E-state index is -0.617. The first kappa shape index (κ1) is 17.1. The normalized spacial score (nSPS) is 14.2. The number of carbonyl (C=O) groups excluding carboxylic acids is 1. The first-order chi connectivity index (χ1) is 9.33. The van der Waals surface area contributed by atoms with Crippen LogP contribution in [0.2, 0.25) is 0 Å². The zero-order valence-electron chi connectivity index (χ0n) is 12.9. The molecule has 1 atom stereocenters. The number of hydrogen-bond acceptors (Lipinski definition) is 3. The average Bonchev–Trinajstić information content (AvgIpc) is 2.34. The molecule has 1 unspecified atom stereocenters. The van der Waals surface area contributed by atoms with Crippen LogP contribution in [-0.2, 0) is 10.5 Å². The van der Waals surface area contributed by atoms with Gasteiger partial charge in [0.2, 0.25) is 5.91 Å². The highest BCUT2D eigenvalue weighted by Crippen LogP contribution is 2.19. The van der Waals surface area contributed by atoms with Crippen LogP contribution in [0.15, 0.2) is 24.3 Å². The Morgan fingerprint density at radius 1 is 1.45 bits per heavy atom. The highest BCUT2D eigenvalue weighted by atomic mass is 32.2. The molecular formula is C16H26N2OS. The summed E-state index contributed by atoms with van der Waals surface area (Å²) in [5, 5.41) is 3.28. The van der Waals surface area contributed by atoms with Crippen LogP contribution in [0.4, 0.5) is 0 Å². The number of benzene rings is 1. The van der Waals surface area contributed by atoms with E-state index in [9.17, 15) is 4.79 Å². The van der Waals surface area contributed by atoms with Gasteiger partial charge in [-0.05, 0) is 45.4 Å². The van der Waals surface area contributed by atoms with Crippen molar-refractivity contribution in [3.63, 3.8) is 0 Å². The zero-order valence-corrected chi connectivity index (χ0v) is 13.7. The van der Waals surface area contributed by atoms with Crippen molar-refractivity contribution in [3.8, 4) is 0 Å². The summed E-state index contributed by atoms with van der Waals surface area (Å²) in [6.07, 6.45) is 0.747. The van der Waals surface area contributed by atoms with Crippen LogP contribution in [0.3, 0.4) is 0 Å². The van der Waals surface area contributed by atoms with Gasteiger partial charge in [-0.2, -0.15) is 11.8 Å². The standard InChI is InChI=1S/C16H26N2OS/c1-12(2)18-16(4,15(17)19)8-9-20-11-14-7-5-6-13(3)10-14/h5-7,10,12,18H,8-9,11H2,1-4H3,(H2,17,19). The van der Waals surface area contributed by atoms with Crippen molar-refractivity contribution in [2.24, 2.45) is 5.73 Å². The second kappa shape index (κ2) is 7.70. The van der Waals surface area contributed by atoms with Gasteiger partial charge in [-0.15, -0.1) is 0 Å². The molecule has 3 N–H and O–H groups in total. The lowest BCUT2D eigenvalue weighted by Crippen LogP contribution is -2.55. The number of rotatable bonds is 8. The monoisotopic (exact) mass is 294 g/mol. The van der Waals surface area contributed by atoms with Gasteiger partial charge in [-0.25, -0.2) is 0 Å². The molecule has 0 fully saturated rings. The van der Waals surface area contributed by atoms with Gasteiger partial charge in [0.15, 0.2) is 0 Å². The number of nitrogens with two attached hydrogens (primary N) is 1. The number of thioether (sulfide) groups is 1. The maximum absolute atomic E-state index is 11.6. The van der Waals surface area contributed by atoms with Crippen LogP contribution < -0.4 is 11.1 Å². The molecule has 0 aliphatic carbocycles. The second-order valence-corrected chi connectivity index (χ2v) is 6.89. The predicted molar refractivity (Wildman–Crippen MR) is 87.8 cm³/mol. The summed E-state index contributed by atoms with van der Waals surface area (Å²) >= 11 is 1.84. The fourth-order valence-electron chi connectivity index (χ4n) is 2.17. The molecule has 3 nitrogen and oxygen atoms in total. The smallest absolute Gasteiger partial charge is 0.237 e. The summed E-state index contributed by atoms with van der Waals surface area (Å²) in [6.45, 7) is 8.05. The SMILES string of the molecule is Cc1cccc(CSCCC(C)(NC(C)C)C(N)=O)c1. The van der Waals surface area contributed by atoms with Crippen LogP contribution in [0.1, 0.15) is 38.3 Å². The molecule has 0 aromatic heterocycles. The van der Waals surface area contributed by atoms with Crippen molar-refractivity contribution in [3.05, 3.63) is 35.4 Å². The van der Waals surface area contributed by atoms with Crippen molar-refractivity contribution >= 4 is 17.7 Å². The molecule has 0 radical (unpaired) electrons. The fourth-order valence-corrected chi connectivity index (χ4v) is 3.28. The van der Waals surface area contributed by atoms with E-state index < -0.39 is 5.54 Å². The molecule has 4 heteroatoms. The van der Waals surface area contributed by atoms with Gasteiger partial charge in [0.1, 0.15) is 0 Å². The summed E-state index contributed by atoms with van der Waals surface area (Å²) in [7, 11) is 0. The van der Waals surface area contributed by atoms with Crippen molar-refractivity contribution in [1.82, 2.24) is 5.32 Å². The van der Waals surface area contributed by atoms with E-state index in [-0.39, 0.29) is 11.9 Å². The van der Waals surface area contributed by atoms with Gasteiger partial charge in [0.25, 0.3) is 0 Å². The van der Waals surface area contributed by atoms with Gasteiger partial charge in [-0.1, -0.05) is 29.8 Å².